The first-order valence-electron chi connectivity index (χ1n) is 15.0. The van der Waals surface area contributed by atoms with Crippen LogP contribution in [-0.4, -0.2) is 64.7 Å². The second-order valence-electron chi connectivity index (χ2n) is 10.5. The van der Waals surface area contributed by atoms with Crippen LogP contribution in [0.5, 0.6) is 5.75 Å². The van der Waals surface area contributed by atoms with Gasteiger partial charge in [-0.05, 0) is 47.2 Å². The number of ether oxygens (including phenoxy) is 7. The molecule has 4 rings (SSSR count). The summed E-state index contributed by atoms with van der Waals surface area (Å²) in [5.41, 5.74) is 11.5. The van der Waals surface area contributed by atoms with E-state index in [4.69, 9.17) is 38.7 Å². The molecule has 0 amide bonds. The summed E-state index contributed by atoms with van der Waals surface area (Å²) in [6, 6.07) is 27.8. The summed E-state index contributed by atoms with van der Waals surface area (Å²) in [6.45, 7) is 2.39. The van der Waals surface area contributed by atoms with Crippen LogP contribution in [0, 0.1) is 0 Å². The summed E-state index contributed by atoms with van der Waals surface area (Å²) < 4.78 is 43.4. The Balaban J connectivity index is 1.52. The molecule has 0 radical (unpaired) electrons. The van der Waals surface area contributed by atoms with Gasteiger partial charge in [0.05, 0.1) is 33.5 Å². The predicted molar refractivity (Wildman–Crippen MR) is 166 cm³/mol. The van der Waals surface area contributed by atoms with Crippen molar-refractivity contribution in [1.29, 1.82) is 0 Å². The first-order chi connectivity index (χ1) is 21.7. The van der Waals surface area contributed by atoms with Gasteiger partial charge in [-0.3, -0.25) is 0 Å². The van der Waals surface area contributed by atoms with E-state index in [1.54, 1.807) is 14.2 Å². The normalized spacial score (nSPS) is 21.5. The molecule has 236 valence electrons. The van der Waals surface area contributed by atoms with Crippen molar-refractivity contribution in [3.05, 3.63) is 112 Å². The van der Waals surface area contributed by atoms with Gasteiger partial charge in [-0.2, -0.15) is 0 Å². The third-order valence-corrected chi connectivity index (χ3v) is 7.39. The van der Waals surface area contributed by atoms with Gasteiger partial charge in [0.2, 0.25) is 0 Å². The third kappa shape index (κ3) is 10.6. The zero-order chi connectivity index (χ0) is 30.8. The Bertz CT molecular complexity index is 1240. The van der Waals surface area contributed by atoms with Crippen molar-refractivity contribution in [2.45, 2.75) is 69.8 Å². The molecular formula is C34H43N3O7. The van der Waals surface area contributed by atoms with Crippen molar-refractivity contribution >= 4 is 0 Å². The zero-order valence-electron chi connectivity index (χ0n) is 25.5. The maximum atomic E-state index is 8.47. The minimum Gasteiger partial charge on any atom is -0.497 e. The molecule has 3 aromatic rings. The summed E-state index contributed by atoms with van der Waals surface area (Å²) in [4.78, 5) is 2.80. The fourth-order valence-electron chi connectivity index (χ4n) is 5.02. The van der Waals surface area contributed by atoms with Gasteiger partial charge in [-0.15, -0.1) is 0 Å². The molecule has 0 aliphatic carbocycles. The first-order valence-corrected chi connectivity index (χ1v) is 15.0. The topological polar surface area (TPSA) is 113 Å². The van der Waals surface area contributed by atoms with Crippen molar-refractivity contribution in [3.63, 3.8) is 0 Å². The van der Waals surface area contributed by atoms with Gasteiger partial charge >= 0.3 is 0 Å². The van der Waals surface area contributed by atoms with Gasteiger partial charge in [-0.25, -0.2) is 0 Å². The SMILES string of the molecule is COc1ccc(CO[C@H]2[C@H](OCc3ccccc3)[C@@H](OCc3ccccc3)[C@H](OC)O[C@@H]2COCCCCCN=[N+]=[N-])cc1. The monoisotopic (exact) mass is 605 g/mol. The van der Waals surface area contributed by atoms with Gasteiger partial charge in [-0.1, -0.05) is 84.3 Å². The lowest BCUT2D eigenvalue weighted by molar-refractivity contribution is -0.323. The Morgan fingerprint density at radius 3 is 1.89 bits per heavy atom. The van der Waals surface area contributed by atoms with Crippen molar-refractivity contribution < 1.29 is 33.2 Å². The summed E-state index contributed by atoms with van der Waals surface area (Å²) in [7, 11) is 3.25. The van der Waals surface area contributed by atoms with Gasteiger partial charge < -0.3 is 33.2 Å². The first kappa shape index (κ1) is 33.4. The van der Waals surface area contributed by atoms with Crippen LogP contribution in [0.2, 0.25) is 0 Å². The molecule has 0 spiro atoms. The highest BCUT2D eigenvalue weighted by molar-refractivity contribution is 5.26. The van der Waals surface area contributed by atoms with Crippen molar-refractivity contribution in [3.8, 4) is 5.75 Å². The van der Waals surface area contributed by atoms with Crippen LogP contribution in [-0.2, 0) is 48.2 Å². The number of hydrogen-bond acceptors (Lipinski definition) is 8. The number of benzene rings is 3. The van der Waals surface area contributed by atoms with Crippen LogP contribution in [0.25, 0.3) is 10.4 Å². The average Bonchev–Trinajstić information content (AvgIpc) is 3.08. The van der Waals surface area contributed by atoms with E-state index < -0.39 is 30.7 Å². The Labute approximate surface area is 259 Å². The Kier molecular flexibility index (Phi) is 14.5. The summed E-state index contributed by atoms with van der Waals surface area (Å²) >= 11 is 0. The molecule has 0 bridgehead atoms. The Morgan fingerprint density at radius 1 is 0.705 bits per heavy atom. The molecule has 0 N–H and O–H groups in total. The molecule has 0 unspecified atom stereocenters. The molecule has 0 saturated carbocycles. The fourth-order valence-corrected chi connectivity index (χ4v) is 5.02. The molecule has 1 fully saturated rings. The number of azide groups is 1. The number of unbranched alkanes of at least 4 members (excludes halogenated alkanes) is 2. The van der Waals surface area contributed by atoms with Crippen LogP contribution >= 0.6 is 0 Å². The van der Waals surface area contributed by atoms with Gasteiger partial charge in [0.15, 0.2) is 6.29 Å². The molecular weight excluding hydrogens is 562 g/mol. The molecule has 0 aromatic heterocycles. The quantitative estimate of drug-likeness (QED) is 0.0653. The number of rotatable bonds is 19. The summed E-state index contributed by atoms with van der Waals surface area (Å²) in [5.74, 6) is 0.779. The smallest absolute Gasteiger partial charge is 0.186 e. The lowest BCUT2D eigenvalue weighted by atomic mass is 9.97. The standard InChI is InChI=1S/C34H43N3O7/c1-38-29-18-16-28(17-19-29)24-41-31-30(25-40-21-11-5-10-20-36-37-35)44-34(39-2)33(43-23-27-14-8-4-9-15-27)32(31)42-22-26-12-6-3-7-13-26/h3-4,6-9,12-19,30-34H,5,10-11,20-25H2,1-2H3/t30-,31-,32+,33-,34-/m1/s1. The van der Waals surface area contributed by atoms with E-state index in [0.717, 1.165) is 41.7 Å². The predicted octanol–water partition coefficient (Wildman–Crippen LogP) is 6.62. The minimum atomic E-state index is -0.697. The highest BCUT2D eigenvalue weighted by Gasteiger charge is 2.48. The van der Waals surface area contributed by atoms with E-state index in [-0.39, 0.29) is 0 Å². The molecule has 1 aliphatic heterocycles. The second-order valence-corrected chi connectivity index (χ2v) is 10.5. The molecule has 3 aromatic carbocycles. The fraction of sp³-hybridized carbons (Fsp3) is 0.471. The van der Waals surface area contributed by atoms with Gasteiger partial charge in [0.25, 0.3) is 0 Å². The van der Waals surface area contributed by atoms with Crippen molar-refractivity contribution in [2.24, 2.45) is 5.11 Å². The number of nitrogens with zero attached hydrogens (tertiary/aromatic N) is 3. The zero-order valence-corrected chi connectivity index (χ0v) is 25.5. The van der Waals surface area contributed by atoms with E-state index in [1.807, 2.05) is 84.9 Å². The summed E-state index contributed by atoms with van der Waals surface area (Å²) in [6.07, 6.45) is -0.205. The van der Waals surface area contributed by atoms with Crippen LogP contribution < -0.4 is 4.74 Å². The van der Waals surface area contributed by atoms with Gasteiger partial charge in [0.1, 0.15) is 30.2 Å². The van der Waals surface area contributed by atoms with Gasteiger partial charge in [0, 0.05) is 25.2 Å². The maximum Gasteiger partial charge on any atom is 0.186 e. The largest absolute Gasteiger partial charge is 0.497 e. The molecule has 10 heteroatoms. The van der Waals surface area contributed by atoms with E-state index in [0.29, 0.717) is 39.6 Å². The van der Waals surface area contributed by atoms with E-state index >= 15 is 0 Å². The third-order valence-electron chi connectivity index (χ3n) is 7.39. The molecule has 1 saturated heterocycles. The summed E-state index contributed by atoms with van der Waals surface area (Å²) in [5, 5.41) is 3.59. The lowest BCUT2D eigenvalue weighted by Crippen LogP contribution is -2.61. The average molecular weight is 606 g/mol. The molecule has 10 nitrogen and oxygen atoms in total. The van der Waals surface area contributed by atoms with Crippen LogP contribution in [0.1, 0.15) is 36.0 Å². The van der Waals surface area contributed by atoms with Crippen molar-refractivity contribution in [2.75, 3.05) is 34.0 Å². The highest BCUT2D eigenvalue weighted by Crippen LogP contribution is 2.31. The Hall–Kier alpha value is -3.47. The molecule has 44 heavy (non-hydrogen) atoms. The lowest BCUT2D eigenvalue weighted by Gasteiger charge is -2.45. The minimum absolute atomic E-state index is 0.292. The highest BCUT2D eigenvalue weighted by atomic mass is 16.7. The van der Waals surface area contributed by atoms with E-state index in [2.05, 4.69) is 10.0 Å². The molecule has 5 atom stereocenters. The number of methoxy groups -OCH3 is 2. The number of hydrogen-bond donors (Lipinski definition) is 0. The van der Waals surface area contributed by atoms with Crippen LogP contribution in [0.15, 0.2) is 90.0 Å². The maximum absolute atomic E-state index is 8.47. The van der Waals surface area contributed by atoms with E-state index in [1.165, 1.54) is 0 Å². The van der Waals surface area contributed by atoms with Crippen molar-refractivity contribution in [1.82, 2.24) is 0 Å². The van der Waals surface area contributed by atoms with E-state index in [9.17, 15) is 0 Å². The molecule has 1 aliphatic rings. The molecule has 1 heterocycles. The second kappa shape index (κ2) is 19.0. The van der Waals surface area contributed by atoms with Crippen LogP contribution in [0.3, 0.4) is 0 Å². The Morgan fingerprint density at radius 2 is 1.30 bits per heavy atom. The van der Waals surface area contributed by atoms with Crippen LogP contribution in [0.4, 0.5) is 0 Å².